The molecule has 0 bridgehead atoms. The van der Waals surface area contributed by atoms with Gasteiger partial charge in [0.15, 0.2) is 0 Å². The van der Waals surface area contributed by atoms with E-state index < -0.39 is 5.97 Å². The number of unbranched alkanes of at least 4 members (excludes halogenated alkanes) is 2. The molecule has 4 heteroatoms. The molecule has 0 fully saturated rings. The van der Waals surface area contributed by atoms with Gasteiger partial charge in [-0.1, -0.05) is 26.2 Å². The Kier molecular flexibility index (Phi) is 6.80. The fourth-order valence-electron chi connectivity index (χ4n) is 1.02. The number of aliphatic carboxylic acids is 1. The largest absolute Gasteiger partial charge is 0.477 e. The lowest BCUT2D eigenvalue weighted by atomic mass is 10.1. The highest BCUT2D eigenvalue weighted by atomic mass is 16.4. The number of nitrogens with zero attached hydrogens (tertiary/aromatic N) is 1. The Labute approximate surface area is 85.4 Å². The molecule has 2 N–H and O–H groups in total. The zero-order chi connectivity index (χ0) is 11.0. The van der Waals surface area contributed by atoms with Crippen molar-refractivity contribution in [1.29, 1.82) is 0 Å². The van der Waals surface area contributed by atoms with Gasteiger partial charge in [0.05, 0.1) is 0 Å². The van der Waals surface area contributed by atoms with Gasteiger partial charge in [0.25, 0.3) is 0 Å². The molecule has 0 amide bonds. The number of carboxylic acid groups (broad SMARTS) is 1. The minimum absolute atomic E-state index is 0.104. The zero-order valence-corrected chi connectivity index (χ0v) is 9.21. The van der Waals surface area contributed by atoms with Gasteiger partial charge in [0.2, 0.25) is 0 Å². The molecule has 0 rings (SSSR count). The third-order valence-corrected chi connectivity index (χ3v) is 2.00. The smallest absolute Gasteiger partial charge is 0.351 e. The number of carboxylic acids is 1. The third-order valence-electron chi connectivity index (χ3n) is 2.00. The maximum absolute atomic E-state index is 10.4. The van der Waals surface area contributed by atoms with Gasteiger partial charge in [-0.2, -0.15) is 5.10 Å². The van der Waals surface area contributed by atoms with Crippen LogP contribution in [0.2, 0.25) is 0 Å². The van der Waals surface area contributed by atoms with Gasteiger partial charge in [0, 0.05) is 6.04 Å². The first kappa shape index (κ1) is 12.9. The maximum atomic E-state index is 10.4. The van der Waals surface area contributed by atoms with Crippen molar-refractivity contribution in [1.82, 2.24) is 5.43 Å². The van der Waals surface area contributed by atoms with Crippen LogP contribution in [0.3, 0.4) is 0 Å². The Hall–Kier alpha value is -1.06. The van der Waals surface area contributed by atoms with E-state index in [0.29, 0.717) is 0 Å². The van der Waals surface area contributed by atoms with E-state index in [1.54, 1.807) is 0 Å². The summed E-state index contributed by atoms with van der Waals surface area (Å²) in [7, 11) is 0. The molecule has 1 atom stereocenters. The standard InChI is InChI=1S/C10H20N2O2/c1-4-5-6-7-8(2)11-12-9(3)10(13)14/h8,11H,4-7H2,1-3H3,(H,13,14)/b12-9+. The summed E-state index contributed by atoms with van der Waals surface area (Å²) in [6, 6.07) is 0.246. The molecule has 0 heterocycles. The number of hydrogen-bond donors (Lipinski definition) is 2. The second-order valence-electron chi connectivity index (χ2n) is 3.53. The van der Waals surface area contributed by atoms with Crippen molar-refractivity contribution in [2.75, 3.05) is 0 Å². The molecule has 1 unspecified atom stereocenters. The fraction of sp³-hybridized carbons (Fsp3) is 0.800. The van der Waals surface area contributed by atoms with Gasteiger partial charge in [-0.25, -0.2) is 4.79 Å². The Bertz CT molecular complexity index is 202. The summed E-state index contributed by atoms with van der Waals surface area (Å²) in [6.45, 7) is 5.65. The van der Waals surface area contributed by atoms with Crippen molar-refractivity contribution in [3.63, 3.8) is 0 Å². The molecule has 0 saturated heterocycles. The quantitative estimate of drug-likeness (QED) is 0.375. The van der Waals surface area contributed by atoms with E-state index >= 15 is 0 Å². The first-order chi connectivity index (χ1) is 6.57. The minimum atomic E-state index is -0.974. The molecule has 0 radical (unpaired) electrons. The molecular weight excluding hydrogens is 180 g/mol. The molecular formula is C10H20N2O2. The van der Waals surface area contributed by atoms with Crippen molar-refractivity contribution >= 4 is 11.7 Å². The van der Waals surface area contributed by atoms with E-state index in [2.05, 4.69) is 17.5 Å². The number of hydrogen-bond acceptors (Lipinski definition) is 3. The summed E-state index contributed by atoms with van der Waals surface area (Å²) in [6.07, 6.45) is 4.61. The van der Waals surface area contributed by atoms with E-state index in [-0.39, 0.29) is 11.8 Å². The third kappa shape index (κ3) is 6.46. The van der Waals surface area contributed by atoms with E-state index in [1.165, 1.54) is 19.8 Å². The predicted molar refractivity (Wildman–Crippen MR) is 57.5 cm³/mol. The van der Waals surface area contributed by atoms with Crippen LogP contribution in [0, 0.1) is 0 Å². The van der Waals surface area contributed by atoms with Crippen LogP contribution in [-0.2, 0) is 4.79 Å². The van der Waals surface area contributed by atoms with Crippen molar-refractivity contribution in [3.05, 3.63) is 0 Å². The topological polar surface area (TPSA) is 61.7 Å². The summed E-state index contributed by atoms with van der Waals surface area (Å²) >= 11 is 0. The summed E-state index contributed by atoms with van der Waals surface area (Å²) in [5.41, 5.74) is 2.93. The number of nitrogens with one attached hydrogen (secondary N) is 1. The van der Waals surface area contributed by atoms with Crippen LogP contribution in [0.4, 0.5) is 0 Å². The molecule has 0 aromatic carbocycles. The molecule has 14 heavy (non-hydrogen) atoms. The highest BCUT2D eigenvalue weighted by molar-refractivity contribution is 6.34. The fourth-order valence-corrected chi connectivity index (χ4v) is 1.02. The van der Waals surface area contributed by atoms with E-state index in [0.717, 1.165) is 12.8 Å². The van der Waals surface area contributed by atoms with Crippen LogP contribution in [0.25, 0.3) is 0 Å². The van der Waals surface area contributed by atoms with Gasteiger partial charge >= 0.3 is 5.97 Å². The van der Waals surface area contributed by atoms with Crippen molar-refractivity contribution in [2.24, 2.45) is 5.10 Å². The van der Waals surface area contributed by atoms with Crippen molar-refractivity contribution in [3.8, 4) is 0 Å². The van der Waals surface area contributed by atoms with Crippen LogP contribution in [0.1, 0.15) is 46.5 Å². The van der Waals surface area contributed by atoms with Crippen LogP contribution in [0.15, 0.2) is 5.10 Å². The van der Waals surface area contributed by atoms with Gasteiger partial charge < -0.3 is 10.5 Å². The Morgan fingerprint density at radius 2 is 2.14 bits per heavy atom. The number of hydrazone groups is 1. The first-order valence-electron chi connectivity index (χ1n) is 5.11. The van der Waals surface area contributed by atoms with Gasteiger partial charge in [-0.3, -0.25) is 0 Å². The maximum Gasteiger partial charge on any atom is 0.351 e. The summed E-state index contributed by atoms with van der Waals surface area (Å²) < 4.78 is 0. The molecule has 0 spiro atoms. The Morgan fingerprint density at radius 1 is 1.50 bits per heavy atom. The molecule has 0 saturated carbocycles. The second kappa shape index (κ2) is 7.35. The van der Waals surface area contributed by atoms with E-state index in [1.807, 2.05) is 6.92 Å². The SMILES string of the molecule is CCCCCC(C)N/N=C(\C)C(=O)O. The van der Waals surface area contributed by atoms with Gasteiger partial charge in [-0.15, -0.1) is 0 Å². The van der Waals surface area contributed by atoms with E-state index in [4.69, 9.17) is 5.11 Å². The van der Waals surface area contributed by atoms with Crippen LogP contribution in [0.5, 0.6) is 0 Å². The summed E-state index contributed by atoms with van der Waals surface area (Å²) in [5.74, 6) is -0.974. The highest BCUT2D eigenvalue weighted by Gasteiger charge is 2.03. The number of carbonyl (C=O) groups is 1. The first-order valence-corrected chi connectivity index (χ1v) is 5.11. The Morgan fingerprint density at radius 3 is 2.64 bits per heavy atom. The normalized spacial score (nSPS) is 13.8. The predicted octanol–water partition coefficient (Wildman–Crippen LogP) is 2.01. The van der Waals surface area contributed by atoms with E-state index in [9.17, 15) is 4.79 Å². The zero-order valence-electron chi connectivity index (χ0n) is 9.21. The molecule has 0 aromatic heterocycles. The van der Waals surface area contributed by atoms with Gasteiger partial charge in [0.1, 0.15) is 5.71 Å². The lowest BCUT2D eigenvalue weighted by Gasteiger charge is -2.10. The molecule has 4 nitrogen and oxygen atoms in total. The average molecular weight is 200 g/mol. The second-order valence-corrected chi connectivity index (χ2v) is 3.53. The van der Waals surface area contributed by atoms with Crippen LogP contribution in [-0.4, -0.2) is 22.8 Å². The summed E-state index contributed by atoms with van der Waals surface area (Å²) in [4.78, 5) is 10.4. The molecule has 0 aliphatic rings. The number of rotatable bonds is 7. The lowest BCUT2D eigenvalue weighted by Crippen LogP contribution is -2.23. The van der Waals surface area contributed by atoms with Crippen molar-refractivity contribution in [2.45, 2.75) is 52.5 Å². The Balaban J connectivity index is 3.67. The van der Waals surface area contributed by atoms with Gasteiger partial charge in [-0.05, 0) is 20.3 Å². The monoisotopic (exact) mass is 200 g/mol. The minimum Gasteiger partial charge on any atom is -0.477 e. The van der Waals surface area contributed by atoms with Crippen molar-refractivity contribution < 1.29 is 9.90 Å². The molecule has 0 aliphatic carbocycles. The average Bonchev–Trinajstić information content (AvgIpc) is 2.14. The lowest BCUT2D eigenvalue weighted by molar-refractivity contribution is -0.129. The summed E-state index contributed by atoms with van der Waals surface area (Å²) in [5, 5.41) is 12.3. The van der Waals surface area contributed by atoms with Crippen LogP contribution < -0.4 is 5.43 Å². The highest BCUT2D eigenvalue weighted by Crippen LogP contribution is 2.02. The molecule has 82 valence electrons. The van der Waals surface area contributed by atoms with Crippen LogP contribution >= 0.6 is 0 Å². The molecule has 0 aliphatic heterocycles. The molecule has 0 aromatic rings.